The standard InChI is InChI=1S/C30H28N6O4/c1-39-26-14-18(12-21-16-33-30(32)35-29(21)31)13-24(28(26)40-2)25(38)10-11-36-27(19-7-5-8-22(37)15-19)23-9-4-3-6-20(23)17-34-36/h3-11,13-17,27,37H,12H2,1-2H3,(H4,31,32,33,35)/b11-10+. The summed E-state index contributed by atoms with van der Waals surface area (Å²) >= 11 is 0. The molecule has 202 valence electrons. The van der Waals surface area contributed by atoms with E-state index in [1.165, 1.54) is 20.3 Å². The maximum Gasteiger partial charge on any atom is 0.221 e. The molecule has 0 saturated carbocycles. The van der Waals surface area contributed by atoms with Gasteiger partial charge in [-0.05, 0) is 41.0 Å². The average molecular weight is 537 g/mol. The Hall–Kier alpha value is -5.38. The Kier molecular flexibility index (Phi) is 7.32. The predicted molar refractivity (Wildman–Crippen MR) is 153 cm³/mol. The fourth-order valence-corrected chi connectivity index (χ4v) is 4.70. The number of hydrogen-bond donors (Lipinski definition) is 3. The minimum atomic E-state index is -0.353. The summed E-state index contributed by atoms with van der Waals surface area (Å²) in [5.74, 6) is 0.874. The molecule has 0 radical (unpaired) electrons. The lowest BCUT2D eigenvalue weighted by Gasteiger charge is -2.31. The summed E-state index contributed by atoms with van der Waals surface area (Å²) in [6, 6.07) is 18.0. The third kappa shape index (κ3) is 5.28. The number of allylic oxidation sites excluding steroid dienone is 1. The highest BCUT2D eigenvalue weighted by molar-refractivity contribution is 6.07. The second-order valence-electron chi connectivity index (χ2n) is 9.13. The Labute approximate surface area is 231 Å². The van der Waals surface area contributed by atoms with Gasteiger partial charge in [-0.15, -0.1) is 0 Å². The number of phenols is 1. The zero-order chi connectivity index (χ0) is 28.2. The first-order chi connectivity index (χ1) is 19.4. The highest BCUT2D eigenvalue weighted by Gasteiger charge is 2.26. The van der Waals surface area contributed by atoms with Gasteiger partial charge in [-0.25, -0.2) is 4.98 Å². The summed E-state index contributed by atoms with van der Waals surface area (Å²) in [6.07, 6.45) is 6.70. The van der Waals surface area contributed by atoms with Crippen molar-refractivity contribution in [3.63, 3.8) is 0 Å². The molecule has 0 amide bonds. The molecule has 10 heteroatoms. The van der Waals surface area contributed by atoms with Gasteiger partial charge in [0.2, 0.25) is 5.95 Å². The molecule has 5 rings (SSSR count). The van der Waals surface area contributed by atoms with Gasteiger partial charge < -0.3 is 26.0 Å². The lowest BCUT2D eigenvalue weighted by Crippen LogP contribution is -2.25. The van der Waals surface area contributed by atoms with Crippen molar-refractivity contribution in [1.82, 2.24) is 15.0 Å². The zero-order valence-electron chi connectivity index (χ0n) is 22.0. The fourth-order valence-electron chi connectivity index (χ4n) is 4.70. The Balaban J connectivity index is 1.50. The van der Waals surface area contributed by atoms with Crippen molar-refractivity contribution in [2.45, 2.75) is 12.5 Å². The number of nitrogen functional groups attached to an aromatic ring is 2. The van der Waals surface area contributed by atoms with Crippen molar-refractivity contribution in [2.24, 2.45) is 5.10 Å². The number of aromatic nitrogens is 2. The molecular formula is C30H28N6O4. The summed E-state index contributed by atoms with van der Waals surface area (Å²) in [5, 5.41) is 16.4. The van der Waals surface area contributed by atoms with E-state index in [0.29, 0.717) is 29.0 Å². The predicted octanol–water partition coefficient (Wildman–Crippen LogP) is 4.09. The van der Waals surface area contributed by atoms with Crippen LogP contribution in [0.5, 0.6) is 17.2 Å². The first-order valence-corrected chi connectivity index (χ1v) is 12.4. The number of carbonyl (C=O) groups excluding carboxylic acids is 1. The number of carbonyl (C=O) groups is 1. The number of ketones is 1. The van der Waals surface area contributed by atoms with Crippen LogP contribution in [0.25, 0.3) is 0 Å². The molecule has 2 heterocycles. The van der Waals surface area contributed by atoms with Crippen LogP contribution in [0, 0.1) is 0 Å². The van der Waals surface area contributed by atoms with Gasteiger partial charge >= 0.3 is 0 Å². The van der Waals surface area contributed by atoms with E-state index in [0.717, 1.165) is 22.3 Å². The Bertz CT molecular complexity index is 1630. The van der Waals surface area contributed by atoms with Crippen molar-refractivity contribution in [3.8, 4) is 17.2 Å². The van der Waals surface area contributed by atoms with Gasteiger partial charge in [-0.3, -0.25) is 9.80 Å². The molecule has 1 atom stereocenters. The summed E-state index contributed by atoms with van der Waals surface area (Å²) in [4.78, 5) is 21.6. The number of anilines is 2. The number of hydrogen-bond acceptors (Lipinski definition) is 10. The molecule has 0 bridgehead atoms. The smallest absolute Gasteiger partial charge is 0.221 e. The van der Waals surface area contributed by atoms with Crippen LogP contribution >= 0.6 is 0 Å². The number of nitrogens with two attached hydrogens (primary N) is 2. The van der Waals surface area contributed by atoms with Gasteiger partial charge in [-0.2, -0.15) is 10.1 Å². The van der Waals surface area contributed by atoms with Crippen LogP contribution in [-0.2, 0) is 6.42 Å². The number of benzene rings is 3. The first kappa shape index (κ1) is 26.2. The minimum absolute atomic E-state index is 0.0848. The van der Waals surface area contributed by atoms with E-state index in [4.69, 9.17) is 20.9 Å². The van der Waals surface area contributed by atoms with E-state index in [9.17, 15) is 9.90 Å². The molecule has 4 aromatic rings. The maximum absolute atomic E-state index is 13.6. The van der Waals surface area contributed by atoms with Crippen LogP contribution in [-0.4, -0.2) is 46.3 Å². The molecule has 1 aliphatic rings. The molecule has 0 aliphatic carbocycles. The van der Waals surface area contributed by atoms with Crippen LogP contribution in [0.15, 0.2) is 84.2 Å². The van der Waals surface area contributed by atoms with E-state index in [1.807, 2.05) is 30.3 Å². The molecule has 0 spiro atoms. The SMILES string of the molecule is COc1cc(Cc2cnc(N)nc2N)cc(C(=O)/C=C/N2N=Cc3ccccc3C2c2cccc(O)c2)c1OC. The fraction of sp³-hybridized carbons (Fsp3) is 0.133. The summed E-state index contributed by atoms with van der Waals surface area (Å²) in [5.41, 5.74) is 16.1. The van der Waals surface area contributed by atoms with E-state index in [2.05, 4.69) is 15.1 Å². The largest absolute Gasteiger partial charge is 0.508 e. The molecule has 10 nitrogen and oxygen atoms in total. The summed E-state index contributed by atoms with van der Waals surface area (Å²) in [6.45, 7) is 0. The van der Waals surface area contributed by atoms with Crippen LogP contribution in [0.1, 0.15) is 44.2 Å². The molecular weight excluding hydrogens is 508 g/mol. The van der Waals surface area contributed by atoms with Crippen molar-refractivity contribution < 1.29 is 19.4 Å². The third-order valence-electron chi connectivity index (χ3n) is 6.57. The average Bonchev–Trinajstić information content (AvgIpc) is 2.96. The summed E-state index contributed by atoms with van der Waals surface area (Å²) in [7, 11) is 2.99. The van der Waals surface area contributed by atoms with Crippen LogP contribution in [0.3, 0.4) is 0 Å². The molecule has 40 heavy (non-hydrogen) atoms. The van der Waals surface area contributed by atoms with Crippen molar-refractivity contribution in [1.29, 1.82) is 0 Å². The second kappa shape index (κ2) is 11.2. The topological polar surface area (TPSA) is 149 Å². The van der Waals surface area contributed by atoms with E-state index >= 15 is 0 Å². The summed E-state index contributed by atoms with van der Waals surface area (Å²) < 4.78 is 11.1. The van der Waals surface area contributed by atoms with Gasteiger partial charge in [0.25, 0.3) is 0 Å². The second-order valence-corrected chi connectivity index (χ2v) is 9.13. The van der Waals surface area contributed by atoms with Crippen molar-refractivity contribution >= 4 is 23.8 Å². The number of fused-ring (bicyclic) bond motifs is 1. The minimum Gasteiger partial charge on any atom is -0.508 e. The van der Waals surface area contributed by atoms with Gasteiger partial charge in [-0.1, -0.05) is 36.4 Å². The molecule has 1 aliphatic heterocycles. The van der Waals surface area contributed by atoms with Gasteiger partial charge in [0.15, 0.2) is 17.3 Å². The van der Waals surface area contributed by atoms with E-state index in [1.54, 1.807) is 54.0 Å². The number of methoxy groups -OCH3 is 2. The third-order valence-corrected chi connectivity index (χ3v) is 6.57. The lowest BCUT2D eigenvalue weighted by atomic mass is 9.93. The monoisotopic (exact) mass is 536 g/mol. The van der Waals surface area contributed by atoms with Gasteiger partial charge in [0.1, 0.15) is 17.6 Å². The zero-order valence-corrected chi connectivity index (χ0v) is 22.0. The Morgan fingerprint density at radius 1 is 1.07 bits per heavy atom. The van der Waals surface area contributed by atoms with Crippen LogP contribution in [0.4, 0.5) is 11.8 Å². The van der Waals surface area contributed by atoms with Crippen LogP contribution < -0.4 is 20.9 Å². The molecule has 0 fully saturated rings. The highest BCUT2D eigenvalue weighted by Crippen LogP contribution is 2.36. The molecule has 0 saturated heterocycles. The van der Waals surface area contributed by atoms with E-state index < -0.39 is 0 Å². The number of aromatic hydroxyl groups is 1. The first-order valence-electron chi connectivity index (χ1n) is 12.4. The molecule has 1 unspecified atom stereocenters. The Morgan fingerprint density at radius 3 is 2.65 bits per heavy atom. The van der Waals surface area contributed by atoms with E-state index in [-0.39, 0.29) is 29.3 Å². The number of rotatable bonds is 8. The molecule has 1 aromatic heterocycles. The van der Waals surface area contributed by atoms with Crippen molar-refractivity contribution in [2.75, 3.05) is 25.7 Å². The maximum atomic E-state index is 13.6. The number of ether oxygens (including phenoxy) is 2. The number of phenolic OH excluding ortho intramolecular Hbond substituents is 1. The molecule has 5 N–H and O–H groups in total. The van der Waals surface area contributed by atoms with Gasteiger partial charge in [0, 0.05) is 36.0 Å². The highest BCUT2D eigenvalue weighted by atomic mass is 16.5. The van der Waals surface area contributed by atoms with Crippen LogP contribution in [0.2, 0.25) is 0 Å². The molecule has 3 aromatic carbocycles. The number of hydrazone groups is 1. The van der Waals surface area contributed by atoms with Crippen molar-refractivity contribution in [3.05, 3.63) is 113 Å². The quantitative estimate of drug-likeness (QED) is 0.224. The van der Waals surface area contributed by atoms with Gasteiger partial charge in [0.05, 0.1) is 26.0 Å². The lowest BCUT2D eigenvalue weighted by molar-refractivity contribution is 0.104. The normalized spacial score (nSPS) is 14.2. The Morgan fingerprint density at radius 2 is 1.90 bits per heavy atom. The number of nitrogens with zero attached hydrogens (tertiary/aromatic N) is 4.